The third-order valence-electron chi connectivity index (χ3n) is 2.95. The van der Waals surface area contributed by atoms with Crippen molar-refractivity contribution in [3.63, 3.8) is 0 Å². The van der Waals surface area contributed by atoms with Crippen molar-refractivity contribution in [1.29, 1.82) is 0 Å². The topological polar surface area (TPSA) is 74.7 Å². The van der Waals surface area contributed by atoms with Crippen LogP contribution in [0.1, 0.15) is 13.3 Å². The predicted octanol–water partition coefficient (Wildman–Crippen LogP) is 2.63. The summed E-state index contributed by atoms with van der Waals surface area (Å²) in [5.41, 5.74) is 0. The lowest BCUT2D eigenvalue weighted by Crippen LogP contribution is -2.62. The highest BCUT2D eigenvalue weighted by molar-refractivity contribution is 7.94. The SMILES string of the molecule is CCC(Cl)([C@@](F)(C(=O)O)N(F)F)S(=O)(=O)c1ccccc1. The van der Waals surface area contributed by atoms with Crippen molar-refractivity contribution >= 4 is 27.4 Å². The Kier molecular flexibility index (Phi) is 4.91. The van der Waals surface area contributed by atoms with Gasteiger partial charge in [0.2, 0.25) is 14.0 Å². The van der Waals surface area contributed by atoms with E-state index in [9.17, 15) is 26.6 Å². The molecular formula is C11H11ClF3NO4S. The molecule has 2 atom stereocenters. The number of carboxylic acids is 1. The molecule has 1 N–H and O–H groups in total. The van der Waals surface area contributed by atoms with E-state index in [1.807, 2.05) is 0 Å². The van der Waals surface area contributed by atoms with Crippen molar-refractivity contribution in [2.75, 3.05) is 0 Å². The first-order valence-corrected chi connectivity index (χ1v) is 7.44. The Labute approximate surface area is 123 Å². The van der Waals surface area contributed by atoms with Crippen molar-refractivity contribution in [3.05, 3.63) is 30.3 Å². The van der Waals surface area contributed by atoms with E-state index < -0.39 is 42.5 Å². The molecule has 0 aliphatic rings. The van der Waals surface area contributed by atoms with Gasteiger partial charge in [-0.15, -0.1) is 0 Å². The lowest BCUT2D eigenvalue weighted by atomic mass is 10.1. The van der Waals surface area contributed by atoms with Crippen LogP contribution in [0.2, 0.25) is 0 Å². The first kappa shape index (κ1) is 17.7. The number of carbonyl (C=O) groups is 1. The molecule has 5 nitrogen and oxygen atoms in total. The molecule has 10 heteroatoms. The van der Waals surface area contributed by atoms with Gasteiger partial charge in [0.25, 0.3) is 0 Å². The second-order valence-corrected chi connectivity index (χ2v) is 7.10. The molecule has 1 aromatic carbocycles. The first-order chi connectivity index (χ1) is 9.55. The van der Waals surface area contributed by atoms with Crippen LogP contribution < -0.4 is 0 Å². The minimum absolute atomic E-state index is 0.563. The molecule has 0 saturated carbocycles. The molecule has 0 saturated heterocycles. The summed E-state index contributed by atoms with van der Waals surface area (Å²) in [6.45, 7) is 0.994. The Morgan fingerprint density at radius 3 is 2.14 bits per heavy atom. The number of alkyl halides is 2. The summed E-state index contributed by atoms with van der Waals surface area (Å²) in [6, 6.07) is 5.99. The van der Waals surface area contributed by atoms with E-state index in [4.69, 9.17) is 16.7 Å². The van der Waals surface area contributed by atoms with Crippen LogP contribution in [0, 0.1) is 0 Å². The van der Waals surface area contributed by atoms with E-state index >= 15 is 0 Å². The number of benzene rings is 1. The summed E-state index contributed by atoms with van der Waals surface area (Å²) < 4.78 is 61.2. The van der Waals surface area contributed by atoms with Gasteiger partial charge in [-0.05, 0) is 18.6 Å². The Hall–Kier alpha value is -1.32. The third-order valence-corrected chi connectivity index (χ3v) is 6.38. The molecule has 0 amide bonds. The second kappa shape index (κ2) is 5.82. The average Bonchev–Trinajstić information content (AvgIpc) is 2.45. The molecular weight excluding hydrogens is 335 g/mol. The summed E-state index contributed by atoms with van der Waals surface area (Å²) in [5.74, 6) is -7.32. The van der Waals surface area contributed by atoms with Crippen LogP contribution in [0.3, 0.4) is 0 Å². The van der Waals surface area contributed by atoms with Crippen LogP contribution in [0.5, 0.6) is 0 Å². The van der Waals surface area contributed by atoms with Gasteiger partial charge < -0.3 is 5.11 Å². The van der Waals surface area contributed by atoms with Crippen molar-refractivity contribution in [1.82, 2.24) is 5.34 Å². The van der Waals surface area contributed by atoms with Crippen molar-refractivity contribution in [3.8, 4) is 0 Å². The molecule has 0 radical (unpaired) electrons. The van der Waals surface area contributed by atoms with E-state index in [1.54, 1.807) is 0 Å². The normalized spacial score (nSPS) is 18.0. The molecule has 1 rings (SSSR count). The van der Waals surface area contributed by atoms with Crippen molar-refractivity contribution in [2.45, 2.75) is 28.2 Å². The van der Waals surface area contributed by atoms with Gasteiger partial charge in [-0.1, -0.05) is 45.7 Å². The van der Waals surface area contributed by atoms with Crippen LogP contribution in [-0.2, 0) is 14.6 Å². The number of sulfone groups is 1. The maximum absolute atomic E-state index is 14.3. The molecule has 1 unspecified atom stereocenters. The predicted molar refractivity (Wildman–Crippen MR) is 68.0 cm³/mol. The number of hydrogen-bond acceptors (Lipinski definition) is 4. The van der Waals surface area contributed by atoms with Gasteiger partial charge in [0.05, 0.1) is 10.2 Å². The van der Waals surface area contributed by atoms with Crippen LogP contribution >= 0.6 is 11.6 Å². The van der Waals surface area contributed by atoms with Crippen molar-refractivity contribution < 1.29 is 31.7 Å². The third kappa shape index (κ3) is 2.49. The maximum atomic E-state index is 14.3. The molecule has 0 heterocycles. The van der Waals surface area contributed by atoms with Gasteiger partial charge in [0, 0.05) is 0 Å². The Balaban J connectivity index is 3.63. The van der Waals surface area contributed by atoms with E-state index in [0.717, 1.165) is 19.1 Å². The molecule has 118 valence electrons. The molecule has 0 spiro atoms. The quantitative estimate of drug-likeness (QED) is 0.487. The molecule has 0 aromatic heterocycles. The average molecular weight is 346 g/mol. The summed E-state index contributed by atoms with van der Waals surface area (Å²) in [6.07, 6.45) is -0.904. The van der Waals surface area contributed by atoms with Crippen LogP contribution in [0.15, 0.2) is 35.2 Å². The van der Waals surface area contributed by atoms with E-state index in [2.05, 4.69) is 0 Å². The summed E-state index contributed by atoms with van der Waals surface area (Å²) >= 11 is 5.58. The number of hydrogen-bond donors (Lipinski definition) is 1. The standard InChI is InChI=1S/C11H11ClF3NO4S/c1-2-10(12,11(13,9(17)18)16(14)15)21(19,20)8-6-4-3-5-7-8/h3-7H,2H2,1H3,(H,17,18)/t10?,11-/m1/s1. The molecule has 1 aromatic rings. The summed E-state index contributed by atoms with van der Waals surface area (Å²) in [4.78, 5) is 10.3. The lowest BCUT2D eigenvalue weighted by molar-refractivity contribution is -0.280. The number of nitrogens with zero attached hydrogens (tertiary/aromatic N) is 1. The second-order valence-electron chi connectivity index (χ2n) is 4.06. The van der Waals surface area contributed by atoms with E-state index in [1.165, 1.54) is 18.2 Å². The largest absolute Gasteiger partial charge is 0.478 e. The van der Waals surface area contributed by atoms with Gasteiger partial charge >= 0.3 is 11.8 Å². The Bertz CT molecular complexity index is 628. The first-order valence-electron chi connectivity index (χ1n) is 5.58. The minimum atomic E-state index is -4.91. The maximum Gasteiger partial charge on any atom is 0.365 e. The molecule has 0 aliphatic heterocycles. The Morgan fingerprint density at radius 2 is 1.81 bits per heavy atom. The zero-order valence-corrected chi connectivity index (χ0v) is 12.2. The zero-order chi connectivity index (χ0) is 16.5. The number of carboxylic acid groups (broad SMARTS) is 1. The van der Waals surface area contributed by atoms with E-state index in [0.29, 0.717) is 0 Å². The fraction of sp³-hybridized carbons (Fsp3) is 0.364. The summed E-state index contributed by atoms with van der Waals surface area (Å²) in [5, 5.41) is 6.39. The van der Waals surface area contributed by atoms with Gasteiger partial charge in [-0.3, -0.25) is 0 Å². The monoisotopic (exact) mass is 345 g/mol. The number of rotatable bonds is 6. The van der Waals surface area contributed by atoms with Crippen LogP contribution in [0.25, 0.3) is 0 Å². The number of halogens is 4. The van der Waals surface area contributed by atoms with E-state index in [-0.39, 0.29) is 0 Å². The van der Waals surface area contributed by atoms with Crippen LogP contribution in [-0.4, -0.2) is 34.8 Å². The van der Waals surface area contributed by atoms with Gasteiger partial charge in [-0.2, -0.15) is 0 Å². The van der Waals surface area contributed by atoms with Gasteiger partial charge in [0.1, 0.15) is 0 Å². The van der Waals surface area contributed by atoms with Crippen LogP contribution in [0.4, 0.5) is 13.4 Å². The smallest absolute Gasteiger partial charge is 0.365 e. The molecule has 21 heavy (non-hydrogen) atoms. The Morgan fingerprint density at radius 1 is 1.33 bits per heavy atom. The zero-order valence-electron chi connectivity index (χ0n) is 10.6. The highest BCUT2D eigenvalue weighted by Gasteiger charge is 2.70. The minimum Gasteiger partial charge on any atom is -0.478 e. The van der Waals surface area contributed by atoms with Crippen molar-refractivity contribution in [2.24, 2.45) is 0 Å². The fourth-order valence-corrected chi connectivity index (χ4v) is 3.94. The summed E-state index contributed by atoms with van der Waals surface area (Å²) in [7, 11) is -4.91. The van der Waals surface area contributed by atoms with Gasteiger partial charge in [0.15, 0.2) is 0 Å². The number of aliphatic carboxylic acids is 1. The molecule has 0 fully saturated rings. The molecule has 0 bridgehead atoms. The van der Waals surface area contributed by atoms with Gasteiger partial charge in [-0.25, -0.2) is 17.6 Å². The lowest BCUT2D eigenvalue weighted by Gasteiger charge is -2.35. The highest BCUT2D eigenvalue weighted by Crippen LogP contribution is 2.46. The molecule has 0 aliphatic carbocycles. The fourth-order valence-electron chi connectivity index (χ4n) is 1.75. The highest BCUT2D eigenvalue weighted by atomic mass is 35.5.